The summed E-state index contributed by atoms with van der Waals surface area (Å²) in [4.78, 5) is 8.92. The predicted molar refractivity (Wildman–Crippen MR) is 86.0 cm³/mol. The summed E-state index contributed by atoms with van der Waals surface area (Å²) in [6.07, 6.45) is 1.77. The van der Waals surface area contributed by atoms with Crippen molar-refractivity contribution < 1.29 is 5.11 Å². The maximum atomic E-state index is 9.42. The minimum Gasteiger partial charge on any atom is -0.392 e. The molecule has 0 saturated carbocycles. The Morgan fingerprint density at radius 3 is 2.43 bits per heavy atom. The predicted octanol–water partition coefficient (Wildman–Crippen LogP) is 2.55. The first-order chi connectivity index (χ1) is 10.3. The Bertz CT molecular complexity index is 612. The fraction of sp³-hybridized carbons (Fsp3) is 0.312. The van der Waals surface area contributed by atoms with E-state index >= 15 is 0 Å². The van der Waals surface area contributed by atoms with Crippen molar-refractivity contribution in [3.05, 3.63) is 53.2 Å². The number of aliphatic hydroxyl groups is 1. The average molecular weight is 304 g/mol. The fourth-order valence-corrected chi connectivity index (χ4v) is 2.96. The van der Waals surface area contributed by atoms with E-state index in [0.717, 1.165) is 48.3 Å². The Labute approximate surface area is 129 Å². The number of hydrogen-bond acceptors (Lipinski definition) is 4. The molecule has 1 saturated heterocycles. The van der Waals surface area contributed by atoms with E-state index in [0.29, 0.717) is 0 Å². The van der Waals surface area contributed by atoms with E-state index in [2.05, 4.69) is 20.9 Å². The van der Waals surface area contributed by atoms with E-state index in [-0.39, 0.29) is 6.61 Å². The molecule has 21 heavy (non-hydrogen) atoms. The third-order valence-corrected chi connectivity index (χ3v) is 4.13. The second-order valence-corrected chi connectivity index (χ2v) is 5.48. The van der Waals surface area contributed by atoms with Gasteiger partial charge in [-0.3, -0.25) is 0 Å². The van der Waals surface area contributed by atoms with Gasteiger partial charge in [0.15, 0.2) is 0 Å². The maximum Gasteiger partial charge on any atom is 0.134 e. The van der Waals surface area contributed by atoms with Gasteiger partial charge in [0.2, 0.25) is 0 Å². The Morgan fingerprint density at radius 1 is 1.00 bits per heavy atom. The highest BCUT2D eigenvalue weighted by Crippen LogP contribution is 2.27. The molecule has 1 aliphatic heterocycles. The zero-order valence-electron chi connectivity index (χ0n) is 11.7. The Hall–Kier alpha value is -1.78. The Morgan fingerprint density at radius 2 is 1.71 bits per heavy atom. The third kappa shape index (κ3) is 2.96. The van der Waals surface area contributed by atoms with Crippen molar-refractivity contribution in [3.63, 3.8) is 0 Å². The standard InChI is InChI=1S/C16H18ClN3O/c17-14-5-1-2-6-15(14)19-8-10-20(11-9-19)16-13(12-21)4-3-7-18-16/h1-7,21H,8-12H2. The van der Waals surface area contributed by atoms with Crippen LogP contribution in [0.15, 0.2) is 42.6 Å². The van der Waals surface area contributed by atoms with Crippen LogP contribution in [0.5, 0.6) is 0 Å². The Balaban J connectivity index is 1.72. The van der Waals surface area contributed by atoms with Crippen molar-refractivity contribution in [2.75, 3.05) is 36.0 Å². The highest BCUT2D eigenvalue weighted by atomic mass is 35.5. The van der Waals surface area contributed by atoms with Gasteiger partial charge in [0, 0.05) is 37.9 Å². The lowest BCUT2D eigenvalue weighted by atomic mass is 10.2. The molecule has 0 radical (unpaired) electrons. The number of pyridine rings is 1. The number of halogens is 1. The van der Waals surface area contributed by atoms with Crippen LogP contribution in [0.25, 0.3) is 0 Å². The highest BCUT2D eigenvalue weighted by molar-refractivity contribution is 6.33. The summed E-state index contributed by atoms with van der Waals surface area (Å²) in [5, 5.41) is 10.2. The number of anilines is 2. The monoisotopic (exact) mass is 303 g/mol. The molecule has 2 aromatic rings. The molecule has 0 unspecified atom stereocenters. The van der Waals surface area contributed by atoms with E-state index in [4.69, 9.17) is 11.6 Å². The minimum atomic E-state index is 0.0217. The Kier molecular flexibility index (Phi) is 4.27. The summed E-state index contributed by atoms with van der Waals surface area (Å²) >= 11 is 6.26. The van der Waals surface area contributed by atoms with Gasteiger partial charge in [0.1, 0.15) is 5.82 Å². The van der Waals surface area contributed by atoms with Crippen molar-refractivity contribution in [1.82, 2.24) is 4.98 Å². The SMILES string of the molecule is OCc1cccnc1N1CCN(c2ccccc2Cl)CC1. The molecule has 0 spiro atoms. The number of nitrogens with zero attached hydrogens (tertiary/aromatic N) is 3. The van der Waals surface area contributed by atoms with Crippen LogP contribution in [-0.2, 0) is 6.61 Å². The molecular weight excluding hydrogens is 286 g/mol. The summed E-state index contributed by atoms with van der Waals surface area (Å²) in [6, 6.07) is 11.7. The number of para-hydroxylation sites is 1. The number of aliphatic hydroxyl groups excluding tert-OH is 1. The molecule has 0 bridgehead atoms. The molecule has 0 amide bonds. The van der Waals surface area contributed by atoms with E-state index in [1.54, 1.807) is 6.20 Å². The quantitative estimate of drug-likeness (QED) is 0.946. The molecule has 4 nitrogen and oxygen atoms in total. The van der Waals surface area contributed by atoms with Crippen LogP contribution >= 0.6 is 11.6 Å². The number of piperazine rings is 1. The average Bonchev–Trinajstić information content (AvgIpc) is 2.55. The lowest BCUT2D eigenvalue weighted by Crippen LogP contribution is -2.47. The van der Waals surface area contributed by atoms with Gasteiger partial charge in [0.25, 0.3) is 0 Å². The summed E-state index contributed by atoms with van der Waals surface area (Å²) in [5.41, 5.74) is 1.96. The topological polar surface area (TPSA) is 39.6 Å². The summed E-state index contributed by atoms with van der Waals surface area (Å²) < 4.78 is 0. The number of aromatic nitrogens is 1. The summed E-state index contributed by atoms with van der Waals surface area (Å²) in [5.74, 6) is 0.888. The zero-order chi connectivity index (χ0) is 14.7. The molecule has 1 N–H and O–H groups in total. The summed E-state index contributed by atoms with van der Waals surface area (Å²) in [6.45, 7) is 3.55. The lowest BCUT2D eigenvalue weighted by molar-refractivity contribution is 0.281. The normalized spacial score (nSPS) is 15.3. The highest BCUT2D eigenvalue weighted by Gasteiger charge is 2.21. The molecule has 110 valence electrons. The van der Waals surface area contributed by atoms with Gasteiger partial charge in [0.05, 0.1) is 17.3 Å². The molecule has 5 heteroatoms. The van der Waals surface area contributed by atoms with Crippen LogP contribution in [0.4, 0.5) is 11.5 Å². The first kappa shape index (κ1) is 14.2. The van der Waals surface area contributed by atoms with Gasteiger partial charge in [-0.2, -0.15) is 0 Å². The minimum absolute atomic E-state index is 0.0217. The van der Waals surface area contributed by atoms with Crippen molar-refractivity contribution in [1.29, 1.82) is 0 Å². The van der Waals surface area contributed by atoms with E-state index in [9.17, 15) is 5.11 Å². The third-order valence-electron chi connectivity index (χ3n) is 3.81. The first-order valence-electron chi connectivity index (χ1n) is 7.09. The maximum absolute atomic E-state index is 9.42. The van der Waals surface area contributed by atoms with Crippen molar-refractivity contribution >= 4 is 23.1 Å². The molecule has 2 heterocycles. The van der Waals surface area contributed by atoms with Gasteiger partial charge >= 0.3 is 0 Å². The molecule has 1 aliphatic rings. The molecule has 1 fully saturated rings. The van der Waals surface area contributed by atoms with Crippen molar-refractivity contribution in [2.24, 2.45) is 0 Å². The van der Waals surface area contributed by atoms with Crippen LogP contribution in [0.2, 0.25) is 5.02 Å². The van der Waals surface area contributed by atoms with E-state index in [1.165, 1.54) is 0 Å². The van der Waals surface area contributed by atoms with Gasteiger partial charge in [-0.1, -0.05) is 29.8 Å². The van der Waals surface area contributed by atoms with Gasteiger partial charge in [-0.25, -0.2) is 4.98 Å². The largest absolute Gasteiger partial charge is 0.392 e. The lowest BCUT2D eigenvalue weighted by Gasteiger charge is -2.37. The number of benzene rings is 1. The smallest absolute Gasteiger partial charge is 0.134 e. The fourth-order valence-electron chi connectivity index (χ4n) is 2.71. The molecule has 1 aromatic heterocycles. The van der Waals surface area contributed by atoms with Crippen LogP contribution in [0.3, 0.4) is 0 Å². The van der Waals surface area contributed by atoms with Crippen LogP contribution in [0.1, 0.15) is 5.56 Å². The van der Waals surface area contributed by atoms with Gasteiger partial charge in [-0.05, 0) is 18.2 Å². The van der Waals surface area contributed by atoms with Crippen LogP contribution in [0, 0.1) is 0 Å². The number of hydrogen-bond donors (Lipinski definition) is 1. The second-order valence-electron chi connectivity index (χ2n) is 5.07. The molecule has 3 rings (SSSR count). The molecule has 0 aliphatic carbocycles. The molecule has 1 aromatic carbocycles. The van der Waals surface area contributed by atoms with E-state index < -0.39 is 0 Å². The van der Waals surface area contributed by atoms with Crippen LogP contribution in [-0.4, -0.2) is 36.3 Å². The van der Waals surface area contributed by atoms with Crippen molar-refractivity contribution in [3.8, 4) is 0 Å². The van der Waals surface area contributed by atoms with Crippen LogP contribution < -0.4 is 9.80 Å². The molecular formula is C16H18ClN3O. The second kappa shape index (κ2) is 6.33. The van der Waals surface area contributed by atoms with Gasteiger partial charge < -0.3 is 14.9 Å². The van der Waals surface area contributed by atoms with E-state index in [1.807, 2.05) is 30.3 Å². The number of rotatable bonds is 3. The molecule has 0 atom stereocenters. The van der Waals surface area contributed by atoms with Gasteiger partial charge in [-0.15, -0.1) is 0 Å². The summed E-state index contributed by atoms with van der Waals surface area (Å²) in [7, 11) is 0. The first-order valence-corrected chi connectivity index (χ1v) is 7.46. The van der Waals surface area contributed by atoms with Crippen molar-refractivity contribution in [2.45, 2.75) is 6.61 Å². The zero-order valence-corrected chi connectivity index (χ0v) is 12.5.